The van der Waals surface area contributed by atoms with Crippen molar-refractivity contribution in [2.24, 2.45) is 9.98 Å². The largest absolute Gasteiger partial charge is 0.506 e. The molecule has 0 bridgehead atoms. The fraction of sp³-hybridized carbons (Fsp3) is 0.105. The number of para-hydroxylation sites is 2. The smallest absolute Gasteiger partial charge is 0.337 e. The van der Waals surface area contributed by atoms with E-state index in [4.69, 9.17) is 4.74 Å². The molecule has 53 heavy (non-hydrogen) atoms. The quantitative estimate of drug-likeness (QED) is 0.0716. The molecular weight excluding hydrogens is 727 g/mol. The molecular formula is C38H34CoN6O8. The number of carbonyl (C=O) groups is 2. The molecule has 15 heteroatoms. The molecule has 14 nitrogen and oxygen atoms in total. The van der Waals surface area contributed by atoms with Crippen molar-refractivity contribution in [3.8, 4) is 34.6 Å². The average molecular weight is 762 g/mol. The van der Waals surface area contributed by atoms with E-state index < -0.39 is 5.97 Å². The van der Waals surface area contributed by atoms with Crippen molar-refractivity contribution in [1.29, 1.82) is 0 Å². The van der Waals surface area contributed by atoms with Crippen LogP contribution in [0.1, 0.15) is 38.4 Å². The van der Waals surface area contributed by atoms with E-state index in [0.29, 0.717) is 45.9 Å². The van der Waals surface area contributed by atoms with Crippen molar-refractivity contribution >= 4 is 36.2 Å². The number of aromatic nitrogens is 4. The molecule has 0 saturated heterocycles. The van der Waals surface area contributed by atoms with Crippen molar-refractivity contribution in [2.75, 3.05) is 7.11 Å². The number of nitrogens with zero attached hydrogens (tertiary/aromatic N) is 6. The van der Waals surface area contributed by atoms with Crippen molar-refractivity contribution in [3.63, 3.8) is 0 Å². The van der Waals surface area contributed by atoms with Gasteiger partial charge in [0.25, 0.3) is 6.47 Å². The van der Waals surface area contributed by atoms with Gasteiger partial charge in [-0.2, -0.15) is 10.2 Å². The molecule has 0 aliphatic rings. The number of aromatic hydroxyl groups is 4. The second kappa shape index (κ2) is 18.0. The predicted octanol–water partition coefficient (Wildman–Crippen LogP) is 6.14. The van der Waals surface area contributed by atoms with Gasteiger partial charge in [0.2, 0.25) is 11.8 Å². The first-order chi connectivity index (χ1) is 25.1. The summed E-state index contributed by atoms with van der Waals surface area (Å²) in [5.41, 5.74) is 4.88. The van der Waals surface area contributed by atoms with E-state index >= 15 is 0 Å². The summed E-state index contributed by atoms with van der Waals surface area (Å²) in [5, 5.41) is 49.5. The summed E-state index contributed by atoms with van der Waals surface area (Å²) in [7, 11) is 1.28. The standard InChI is InChI=1S/2C19H17N3O4.Co/c1-12-15(18(24)22(21-12)14-6-4-3-5-7-14)11-20-16-10-13(19(25)26-2)8-9-17(16)23;1-13-16(19(25)22(21-13)15-5-3-2-4-6-15)10-20-17-9-14(11-26-12-23)7-8-18(17)24;/h3-11,23-24H,1-2H3;2-10,12,24-25H,11H2,1H3;. The van der Waals surface area contributed by atoms with Crippen LogP contribution in [0.5, 0.6) is 23.3 Å². The number of carbonyl (C=O) groups excluding carboxylic acids is 2. The van der Waals surface area contributed by atoms with Gasteiger partial charge in [-0.05, 0) is 74.0 Å². The number of methoxy groups -OCH3 is 1. The summed E-state index contributed by atoms with van der Waals surface area (Å²) in [6.07, 6.45) is 2.84. The number of rotatable bonds is 10. The van der Waals surface area contributed by atoms with E-state index in [0.717, 1.165) is 5.69 Å². The summed E-state index contributed by atoms with van der Waals surface area (Å²) >= 11 is 0. The van der Waals surface area contributed by atoms with Crippen molar-refractivity contribution < 1.29 is 56.3 Å². The van der Waals surface area contributed by atoms with Crippen molar-refractivity contribution in [2.45, 2.75) is 20.5 Å². The fourth-order valence-corrected chi connectivity index (χ4v) is 4.89. The van der Waals surface area contributed by atoms with Crippen LogP contribution in [0.15, 0.2) is 107 Å². The second-order valence-corrected chi connectivity index (χ2v) is 11.1. The van der Waals surface area contributed by atoms with Crippen molar-refractivity contribution in [3.05, 3.63) is 131 Å². The molecule has 0 amide bonds. The number of ether oxygens (including phenoxy) is 2. The number of aryl methyl sites for hydroxylation is 2. The molecule has 0 saturated carbocycles. The maximum Gasteiger partial charge on any atom is 0.337 e. The van der Waals surface area contributed by atoms with E-state index in [2.05, 4.69) is 24.9 Å². The van der Waals surface area contributed by atoms with Gasteiger partial charge in [-0.15, -0.1) is 0 Å². The van der Waals surface area contributed by atoms with Gasteiger partial charge in [0.05, 0.1) is 46.6 Å². The third-order valence-corrected chi connectivity index (χ3v) is 7.58. The Hall–Kier alpha value is -6.71. The summed E-state index contributed by atoms with van der Waals surface area (Å²) in [4.78, 5) is 30.3. The number of esters is 1. The summed E-state index contributed by atoms with van der Waals surface area (Å²) in [6.45, 7) is 3.94. The normalized spacial score (nSPS) is 10.8. The molecule has 6 aromatic rings. The van der Waals surface area contributed by atoms with Crippen LogP contribution in [0.25, 0.3) is 11.4 Å². The Balaban J connectivity index is 0.000000232. The minimum Gasteiger partial charge on any atom is -0.506 e. The third kappa shape index (κ3) is 9.35. The molecule has 0 spiro atoms. The van der Waals surface area contributed by atoms with Gasteiger partial charge in [0, 0.05) is 29.2 Å². The molecule has 0 unspecified atom stereocenters. The molecule has 0 atom stereocenters. The van der Waals surface area contributed by atoms with Crippen LogP contribution in [0.2, 0.25) is 0 Å². The molecule has 2 heterocycles. The topological polar surface area (TPSA) is 194 Å². The Morgan fingerprint density at radius 2 is 1.19 bits per heavy atom. The van der Waals surface area contributed by atoms with Crippen molar-refractivity contribution in [1.82, 2.24) is 19.6 Å². The van der Waals surface area contributed by atoms with Gasteiger partial charge in [-0.25, -0.2) is 14.2 Å². The number of phenols is 2. The van der Waals surface area contributed by atoms with Crippen LogP contribution in [0.4, 0.5) is 11.4 Å². The van der Waals surface area contributed by atoms with Crippen LogP contribution in [-0.4, -0.2) is 72.0 Å². The Morgan fingerprint density at radius 3 is 1.66 bits per heavy atom. The van der Waals surface area contributed by atoms with Crippen LogP contribution < -0.4 is 0 Å². The Kier molecular flexibility index (Phi) is 13.3. The number of phenolic OH excluding ortho intramolecular Hbond substituents is 2. The van der Waals surface area contributed by atoms with Gasteiger partial charge in [0.1, 0.15) is 29.5 Å². The third-order valence-electron chi connectivity index (χ3n) is 7.58. The van der Waals surface area contributed by atoms with Crippen LogP contribution in [0, 0.1) is 13.8 Å². The van der Waals surface area contributed by atoms with Gasteiger partial charge in [0.15, 0.2) is 0 Å². The minimum atomic E-state index is -0.530. The molecule has 273 valence electrons. The minimum absolute atomic E-state index is 0. The first-order valence-corrected chi connectivity index (χ1v) is 15.7. The van der Waals surface area contributed by atoms with E-state index in [1.807, 2.05) is 60.7 Å². The monoisotopic (exact) mass is 761 g/mol. The van der Waals surface area contributed by atoms with Gasteiger partial charge >= 0.3 is 5.97 Å². The SMILES string of the molecule is COC(=O)c1ccc(O)c(N=Cc2c(C)nn(-c3ccccc3)c2O)c1.Cc1nn(-c2ccccc2)c(O)c1C=Nc1cc(COC=O)ccc1O.[Co]. The van der Waals surface area contributed by atoms with Gasteiger partial charge in [-0.3, -0.25) is 14.8 Å². The number of hydrogen-bond donors (Lipinski definition) is 4. The first kappa shape index (κ1) is 39.1. The van der Waals surface area contributed by atoms with E-state index in [1.165, 1.54) is 53.2 Å². The number of aliphatic imine (C=N–C) groups is 2. The zero-order chi connectivity index (χ0) is 37.2. The van der Waals surface area contributed by atoms with Gasteiger partial charge < -0.3 is 29.9 Å². The molecule has 4 aromatic carbocycles. The first-order valence-electron chi connectivity index (χ1n) is 15.7. The summed E-state index contributed by atoms with van der Waals surface area (Å²) in [5.74, 6) is -0.763. The van der Waals surface area contributed by atoms with E-state index in [1.54, 1.807) is 26.0 Å². The van der Waals surface area contributed by atoms with E-state index in [-0.39, 0.29) is 57.9 Å². The molecule has 0 aliphatic heterocycles. The van der Waals surface area contributed by atoms with Crippen LogP contribution >= 0.6 is 0 Å². The zero-order valence-electron chi connectivity index (χ0n) is 28.6. The number of benzene rings is 4. The molecule has 0 fully saturated rings. The van der Waals surface area contributed by atoms with Gasteiger partial charge in [-0.1, -0.05) is 42.5 Å². The Bertz CT molecular complexity index is 2250. The van der Waals surface area contributed by atoms with E-state index in [9.17, 15) is 30.0 Å². The molecule has 2 aromatic heterocycles. The Morgan fingerprint density at radius 1 is 0.717 bits per heavy atom. The fourth-order valence-electron chi connectivity index (χ4n) is 4.89. The molecule has 0 aliphatic carbocycles. The molecule has 6 rings (SSSR count). The maximum atomic E-state index is 11.6. The average Bonchev–Trinajstić information content (AvgIpc) is 3.62. The van der Waals surface area contributed by atoms with Crippen LogP contribution in [0.3, 0.4) is 0 Å². The second-order valence-electron chi connectivity index (χ2n) is 11.1. The summed E-state index contributed by atoms with van der Waals surface area (Å²) < 4.78 is 12.2. The molecule has 1 radical (unpaired) electrons. The summed E-state index contributed by atoms with van der Waals surface area (Å²) in [6, 6.07) is 27.3. The molecule has 4 N–H and O–H groups in total. The Labute approximate surface area is 314 Å². The zero-order valence-corrected chi connectivity index (χ0v) is 29.7. The van der Waals surface area contributed by atoms with Crippen LogP contribution in [-0.2, 0) is 37.7 Å². The number of hydrogen-bond acceptors (Lipinski definition) is 12. The maximum absolute atomic E-state index is 11.6. The predicted molar refractivity (Wildman–Crippen MR) is 193 cm³/mol.